The Morgan fingerprint density at radius 3 is 2.87 bits per heavy atom. The predicted molar refractivity (Wildman–Crippen MR) is 87.8 cm³/mol. The van der Waals surface area contributed by atoms with E-state index in [-0.39, 0.29) is 6.04 Å². The van der Waals surface area contributed by atoms with Crippen LogP contribution in [0.15, 0.2) is 36.5 Å². The molecule has 1 fully saturated rings. The average Bonchev–Trinajstić information content (AvgIpc) is 3.10. The fraction of sp³-hybridized carbons (Fsp3) is 0.333. The Morgan fingerprint density at radius 1 is 1.26 bits per heavy atom. The van der Waals surface area contributed by atoms with E-state index in [2.05, 4.69) is 16.0 Å². The first-order chi connectivity index (χ1) is 11.3. The molecule has 1 saturated heterocycles. The van der Waals surface area contributed by atoms with E-state index < -0.39 is 0 Å². The Morgan fingerprint density at radius 2 is 2.13 bits per heavy atom. The summed E-state index contributed by atoms with van der Waals surface area (Å²) in [4.78, 5) is 6.63. The third-order valence-corrected chi connectivity index (χ3v) is 4.23. The minimum absolute atomic E-state index is 0.127. The number of benzene rings is 1. The molecule has 0 N–H and O–H groups in total. The first-order valence-electron chi connectivity index (χ1n) is 7.62. The predicted octanol–water partition coefficient (Wildman–Crippen LogP) is 3.31. The molecule has 0 saturated carbocycles. The second-order valence-electron chi connectivity index (χ2n) is 5.45. The van der Waals surface area contributed by atoms with Crippen molar-refractivity contribution in [2.75, 3.05) is 25.7 Å². The molecule has 2 aromatic rings. The molecular formula is C18H19N3O2. The Kier molecular flexibility index (Phi) is 4.33. The number of nitrogens with zero attached hydrogens (tertiary/aromatic N) is 3. The van der Waals surface area contributed by atoms with Crippen molar-refractivity contribution in [1.82, 2.24) is 4.98 Å². The number of nitriles is 1. The number of hydrogen-bond donors (Lipinski definition) is 0. The van der Waals surface area contributed by atoms with E-state index in [0.717, 1.165) is 42.3 Å². The highest BCUT2D eigenvalue weighted by atomic mass is 16.5. The quantitative estimate of drug-likeness (QED) is 0.867. The zero-order valence-electron chi connectivity index (χ0n) is 13.3. The van der Waals surface area contributed by atoms with Gasteiger partial charge in [0.25, 0.3) is 0 Å². The maximum atomic E-state index is 9.36. The molecule has 0 amide bonds. The topological polar surface area (TPSA) is 58.4 Å². The van der Waals surface area contributed by atoms with Gasteiger partial charge >= 0.3 is 0 Å². The van der Waals surface area contributed by atoms with Gasteiger partial charge in [0.05, 0.1) is 25.8 Å². The molecule has 5 heteroatoms. The molecule has 0 aliphatic carbocycles. The van der Waals surface area contributed by atoms with E-state index in [9.17, 15) is 5.26 Å². The largest absolute Gasteiger partial charge is 0.497 e. The summed E-state index contributed by atoms with van der Waals surface area (Å²) in [7, 11) is 3.33. The van der Waals surface area contributed by atoms with Crippen LogP contribution < -0.4 is 14.4 Å². The molecule has 3 rings (SSSR count). The summed E-state index contributed by atoms with van der Waals surface area (Å²) in [6, 6.07) is 11.8. The highest BCUT2D eigenvalue weighted by Gasteiger charge is 2.31. The van der Waals surface area contributed by atoms with Crippen LogP contribution in [0.5, 0.6) is 11.5 Å². The lowest BCUT2D eigenvalue weighted by atomic mass is 10.0. The third-order valence-electron chi connectivity index (χ3n) is 4.23. The smallest absolute Gasteiger partial charge is 0.146 e. The molecule has 23 heavy (non-hydrogen) atoms. The maximum absolute atomic E-state index is 9.36. The molecule has 2 heterocycles. The molecule has 1 aliphatic rings. The monoisotopic (exact) mass is 309 g/mol. The number of aromatic nitrogens is 1. The van der Waals surface area contributed by atoms with Gasteiger partial charge in [0.1, 0.15) is 23.4 Å². The maximum Gasteiger partial charge on any atom is 0.146 e. The van der Waals surface area contributed by atoms with Crippen LogP contribution in [-0.2, 0) is 0 Å². The fourth-order valence-electron chi connectivity index (χ4n) is 3.16. The molecular weight excluding hydrogens is 290 g/mol. The van der Waals surface area contributed by atoms with E-state index in [4.69, 9.17) is 9.47 Å². The molecule has 0 bridgehead atoms. The van der Waals surface area contributed by atoms with Crippen molar-refractivity contribution < 1.29 is 9.47 Å². The summed E-state index contributed by atoms with van der Waals surface area (Å²) in [5.74, 6) is 2.37. The Bertz CT molecular complexity index is 739. The van der Waals surface area contributed by atoms with Crippen molar-refractivity contribution in [3.8, 4) is 17.6 Å². The van der Waals surface area contributed by atoms with Gasteiger partial charge in [-0.1, -0.05) is 0 Å². The van der Waals surface area contributed by atoms with Crippen LogP contribution in [-0.4, -0.2) is 25.7 Å². The SMILES string of the molecule is COc1ccc(OC)c(C2CCCN2c2ncccc2C#N)c1. The summed E-state index contributed by atoms with van der Waals surface area (Å²) >= 11 is 0. The van der Waals surface area contributed by atoms with E-state index in [1.807, 2.05) is 18.2 Å². The van der Waals surface area contributed by atoms with Crippen molar-refractivity contribution in [1.29, 1.82) is 5.26 Å². The normalized spacial score (nSPS) is 16.9. The van der Waals surface area contributed by atoms with Gasteiger partial charge in [0, 0.05) is 18.3 Å². The Labute approximate surface area is 136 Å². The first kappa shape index (κ1) is 15.2. The molecule has 0 spiro atoms. The van der Waals surface area contributed by atoms with Crippen LogP contribution >= 0.6 is 0 Å². The van der Waals surface area contributed by atoms with E-state index in [1.165, 1.54) is 0 Å². The summed E-state index contributed by atoms with van der Waals surface area (Å²) in [6.45, 7) is 0.872. The zero-order chi connectivity index (χ0) is 16.2. The van der Waals surface area contributed by atoms with Gasteiger partial charge in [-0.15, -0.1) is 0 Å². The van der Waals surface area contributed by atoms with Crippen LogP contribution in [0.4, 0.5) is 5.82 Å². The van der Waals surface area contributed by atoms with Gasteiger partial charge < -0.3 is 14.4 Å². The highest BCUT2D eigenvalue weighted by molar-refractivity contribution is 5.57. The van der Waals surface area contributed by atoms with Crippen molar-refractivity contribution in [2.45, 2.75) is 18.9 Å². The molecule has 1 aromatic heterocycles. The molecule has 5 nitrogen and oxygen atoms in total. The van der Waals surface area contributed by atoms with Crippen molar-refractivity contribution in [3.63, 3.8) is 0 Å². The summed E-state index contributed by atoms with van der Waals surface area (Å²) in [6.07, 6.45) is 3.77. The Hall–Kier alpha value is -2.74. The number of pyridine rings is 1. The number of methoxy groups -OCH3 is 2. The number of ether oxygens (including phenoxy) is 2. The second kappa shape index (κ2) is 6.57. The second-order valence-corrected chi connectivity index (χ2v) is 5.45. The number of anilines is 1. The van der Waals surface area contributed by atoms with Crippen LogP contribution in [0.1, 0.15) is 30.0 Å². The lowest BCUT2D eigenvalue weighted by Crippen LogP contribution is -2.24. The minimum Gasteiger partial charge on any atom is -0.497 e. The molecule has 1 atom stereocenters. The highest BCUT2D eigenvalue weighted by Crippen LogP contribution is 2.41. The molecule has 0 radical (unpaired) electrons. The van der Waals surface area contributed by atoms with Gasteiger partial charge in [-0.05, 0) is 43.2 Å². The van der Waals surface area contributed by atoms with Crippen molar-refractivity contribution >= 4 is 5.82 Å². The minimum atomic E-state index is 0.127. The van der Waals surface area contributed by atoms with Gasteiger partial charge in [-0.2, -0.15) is 5.26 Å². The van der Waals surface area contributed by atoms with Crippen LogP contribution in [0.25, 0.3) is 0 Å². The summed E-state index contributed by atoms with van der Waals surface area (Å²) < 4.78 is 10.9. The third kappa shape index (κ3) is 2.80. The van der Waals surface area contributed by atoms with Crippen LogP contribution in [0.2, 0.25) is 0 Å². The van der Waals surface area contributed by atoms with Gasteiger partial charge in [0.15, 0.2) is 0 Å². The zero-order valence-corrected chi connectivity index (χ0v) is 13.3. The van der Waals surface area contributed by atoms with Crippen molar-refractivity contribution in [2.24, 2.45) is 0 Å². The summed E-state index contributed by atoms with van der Waals surface area (Å²) in [5, 5.41) is 9.36. The van der Waals surface area contributed by atoms with Crippen LogP contribution in [0, 0.1) is 11.3 Å². The lowest BCUT2D eigenvalue weighted by molar-refractivity contribution is 0.395. The first-order valence-corrected chi connectivity index (χ1v) is 7.62. The average molecular weight is 309 g/mol. The van der Waals surface area contributed by atoms with Gasteiger partial charge in [-0.25, -0.2) is 4.98 Å². The fourth-order valence-corrected chi connectivity index (χ4v) is 3.16. The number of rotatable bonds is 4. The van der Waals surface area contributed by atoms with E-state index in [0.29, 0.717) is 5.56 Å². The van der Waals surface area contributed by atoms with Gasteiger partial charge in [0.2, 0.25) is 0 Å². The standard InChI is InChI=1S/C18H19N3O2/c1-22-14-7-8-17(23-2)15(11-14)16-6-4-10-21(16)18-13(12-19)5-3-9-20-18/h3,5,7-9,11,16H,4,6,10H2,1-2H3. The van der Waals surface area contributed by atoms with Crippen LogP contribution in [0.3, 0.4) is 0 Å². The van der Waals surface area contributed by atoms with Gasteiger partial charge in [-0.3, -0.25) is 0 Å². The molecule has 118 valence electrons. The number of hydrogen-bond acceptors (Lipinski definition) is 5. The Balaban J connectivity index is 2.04. The van der Waals surface area contributed by atoms with Crippen molar-refractivity contribution in [3.05, 3.63) is 47.7 Å². The molecule has 1 unspecified atom stereocenters. The molecule has 1 aliphatic heterocycles. The molecule has 1 aromatic carbocycles. The van der Waals surface area contributed by atoms with E-state index in [1.54, 1.807) is 32.5 Å². The lowest BCUT2D eigenvalue weighted by Gasteiger charge is -2.28. The van der Waals surface area contributed by atoms with E-state index >= 15 is 0 Å². The summed E-state index contributed by atoms with van der Waals surface area (Å²) in [5.41, 5.74) is 1.67.